The van der Waals surface area contributed by atoms with E-state index in [1.807, 2.05) is 27.7 Å². The lowest BCUT2D eigenvalue weighted by molar-refractivity contribution is -0.142. The number of aromatic nitrogens is 4. The standard InChI is InChI=1S/C10H15N3O3.C6H12O3.C4H4ClN3.2H2S/c1-10(2)15-6-8(16-10)5-14-9-3-7(11)4-12-13-9;1-6(2)8-4-5(3-7)9-6;5-4-1-3(6)2-7-8-4;;/h3-4,8H,5-6H2,1-2H3,(H2,11,13);5,7H,3-4H2,1-2H3;1-2H,(H2,6,8);2*1H2/t8-;5-;;;/m00.../s1. The van der Waals surface area contributed by atoms with E-state index in [2.05, 4.69) is 20.4 Å². The van der Waals surface area contributed by atoms with E-state index >= 15 is 0 Å². The minimum atomic E-state index is -0.532. The zero-order chi connectivity index (χ0) is 24.5. The van der Waals surface area contributed by atoms with Crippen molar-refractivity contribution in [3.05, 3.63) is 29.7 Å². The molecule has 0 unspecified atom stereocenters. The summed E-state index contributed by atoms with van der Waals surface area (Å²) in [7, 11) is 0. The second-order valence-electron chi connectivity index (χ2n) is 8.03. The molecule has 2 aliphatic rings. The molecule has 15 heteroatoms. The lowest BCUT2D eigenvalue weighted by Gasteiger charge is -2.17. The second kappa shape index (κ2) is 15.5. The van der Waals surface area contributed by atoms with Crippen molar-refractivity contribution in [2.24, 2.45) is 0 Å². The molecule has 0 saturated carbocycles. The number of hydrogen-bond donors (Lipinski definition) is 3. The van der Waals surface area contributed by atoms with Gasteiger partial charge in [0.2, 0.25) is 5.88 Å². The summed E-state index contributed by atoms with van der Waals surface area (Å²) in [6, 6.07) is 3.16. The fraction of sp³-hybridized carbons (Fsp3) is 0.600. The first-order valence-electron chi connectivity index (χ1n) is 10.2. The maximum atomic E-state index is 8.59. The average Bonchev–Trinajstić information content (AvgIpc) is 3.27. The summed E-state index contributed by atoms with van der Waals surface area (Å²) in [5, 5.41) is 23.3. The molecule has 2 fully saturated rings. The highest BCUT2D eigenvalue weighted by atomic mass is 35.5. The molecule has 0 amide bonds. The van der Waals surface area contributed by atoms with Crippen LogP contribution in [0.1, 0.15) is 27.7 Å². The molecule has 12 nitrogen and oxygen atoms in total. The van der Waals surface area contributed by atoms with Gasteiger partial charge in [-0.2, -0.15) is 37.2 Å². The number of rotatable bonds is 4. The maximum Gasteiger partial charge on any atom is 0.235 e. The molecule has 0 radical (unpaired) electrons. The number of hydrogen-bond acceptors (Lipinski definition) is 12. The Morgan fingerprint density at radius 3 is 1.83 bits per heavy atom. The van der Waals surface area contributed by atoms with Gasteiger partial charge in [-0.25, -0.2) is 0 Å². The third-order valence-electron chi connectivity index (χ3n) is 4.05. The topological polar surface area (TPSA) is 170 Å². The van der Waals surface area contributed by atoms with Crippen LogP contribution in [0.4, 0.5) is 11.4 Å². The number of aliphatic hydroxyl groups is 1. The van der Waals surface area contributed by atoms with Crippen LogP contribution >= 0.6 is 38.6 Å². The minimum Gasteiger partial charge on any atom is -0.474 e. The van der Waals surface area contributed by atoms with E-state index in [9.17, 15) is 0 Å². The Kier molecular flexibility index (Phi) is 14.7. The summed E-state index contributed by atoms with van der Waals surface area (Å²) in [5.41, 5.74) is 11.9. The van der Waals surface area contributed by atoms with E-state index in [0.717, 1.165) is 0 Å². The van der Waals surface area contributed by atoms with E-state index in [4.69, 9.17) is 51.9 Å². The lowest BCUT2D eigenvalue weighted by Crippen LogP contribution is -2.25. The van der Waals surface area contributed by atoms with Gasteiger partial charge in [0, 0.05) is 12.1 Å². The van der Waals surface area contributed by atoms with Gasteiger partial charge in [-0.15, -0.1) is 10.2 Å². The van der Waals surface area contributed by atoms with Crippen LogP contribution in [0.3, 0.4) is 0 Å². The molecule has 2 aromatic heterocycles. The first-order valence-corrected chi connectivity index (χ1v) is 10.5. The molecular weight excluding hydrogens is 520 g/mol. The maximum absolute atomic E-state index is 8.59. The van der Waals surface area contributed by atoms with Gasteiger partial charge in [0.05, 0.1) is 43.6 Å². The predicted molar refractivity (Wildman–Crippen MR) is 141 cm³/mol. The van der Waals surface area contributed by atoms with E-state index < -0.39 is 11.6 Å². The van der Waals surface area contributed by atoms with Crippen LogP contribution in [0.5, 0.6) is 5.88 Å². The smallest absolute Gasteiger partial charge is 0.235 e. The lowest BCUT2D eigenvalue weighted by atomic mass is 10.4. The monoisotopic (exact) mass is 554 g/mol. The SMILES string of the molecule is CC1(C)OC[C@H](CO)O1.CC1(C)OC[C@H](COc2cc(N)cnn2)O1.Nc1cnnc(Cl)c1.S.S. The fourth-order valence-corrected chi connectivity index (χ4v) is 2.83. The van der Waals surface area contributed by atoms with Crippen molar-refractivity contribution in [3.8, 4) is 5.88 Å². The number of ether oxygens (including phenoxy) is 5. The quantitative estimate of drug-likeness (QED) is 0.500. The van der Waals surface area contributed by atoms with Crippen molar-refractivity contribution in [1.82, 2.24) is 20.4 Å². The Morgan fingerprint density at radius 1 is 0.943 bits per heavy atom. The molecule has 0 bridgehead atoms. The van der Waals surface area contributed by atoms with Crippen molar-refractivity contribution < 1.29 is 28.8 Å². The molecule has 2 saturated heterocycles. The molecule has 2 aromatic rings. The summed E-state index contributed by atoms with van der Waals surface area (Å²) in [6.45, 7) is 8.85. The summed E-state index contributed by atoms with van der Waals surface area (Å²) >= 11 is 5.39. The normalized spacial score (nSPS) is 21.2. The molecule has 0 aliphatic carbocycles. The fourth-order valence-electron chi connectivity index (χ4n) is 2.66. The number of nitrogen functional groups attached to an aromatic ring is 2. The van der Waals surface area contributed by atoms with E-state index in [-0.39, 0.29) is 45.8 Å². The molecule has 0 spiro atoms. The van der Waals surface area contributed by atoms with Gasteiger partial charge >= 0.3 is 0 Å². The Hall–Kier alpha value is -1.65. The summed E-state index contributed by atoms with van der Waals surface area (Å²) in [6.07, 6.45) is 2.69. The van der Waals surface area contributed by atoms with Gasteiger partial charge < -0.3 is 40.3 Å². The van der Waals surface area contributed by atoms with Crippen molar-refractivity contribution in [1.29, 1.82) is 0 Å². The highest BCUT2D eigenvalue weighted by molar-refractivity contribution is 7.59. The van der Waals surface area contributed by atoms with Crippen LogP contribution in [-0.4, -0.2) is 75.7 Å². The van der Waals surface area contributed by atoms with Crippen molar-refractivity contribution in [3.63, 3.8) is 0 Å². The van der Waals surface area contributed by atoms with E-state index in [1.54, 1.807) is 6.07 Å². The highest BCUT2D eigenvalue weighted by Crippen LogP contribution is 2.23. The number of anilines is 2. The van der Waals surface area contributed by atoms with Crippen LogP contribution < -0.4 is 16.2 Å². The molecule has 200 valence electrons. The van der Waals surface area contributed by atoms with Crippen LogP contribution in [0.25, 0.3) is 0 Å². The molecule has 4 rings (SSSR count). The number of halogens is 1. The zero-order valence-corrected chi connectivity index (χ0v) is 22.9. The van der Waals surface area contributed by atoms with Gasteiger partial charge in [-0.1, -0.05) is 11.6 Å². The molecule has 4 heterocycles. The second-order valence-corrected chi connectivity index (χ2v) is 8.42. The van der Waals surface area contributed by atoms with E-state index in [0.29, 0.717) is 42.2 Å². The van der Waals surface area contributed by atoms with Crippen molar-refractivity contribution >= 4 is 50.0 Å². The number of nitrogens with two attached hydrogens (primary N) is 2. The number of nitrogens with zero attached hydrogens (tertiary/aromatic N) is 4. The van der Waals surface area contributed by atoms with Crippen molar-refractivity contribution in [2.45, 2.75) is 51.5 Å². The average molecular weight is 555 g/mol. The van der Waals surface area contributed by atoms with Crippen LogP contribution in [-0.2, 0) is 18.9 Å². The molecule has 2 atom stereocenters. The Bertz CT molecular complexity index is 868. The zero-order valence-electron chi connectivity index (χ0n) is 20.1. The third-order valence-corrected chi connectivity index (χ3v) is 4.24. The predicted octanol–water partition coefficient (Wildman–Crippen LogP) is 1.66. The third kappa shape index (κ3) is 13.3. The first-order chi connectivity index (χ1) is 15.5. The van der Waals surface area contributed by atoms with Crippen molar-refractivity contribution in [2.75, 3.05) is 37.9 Å². The van der Waals surface area contributed by atoms with Crippen LogP contribution in [0, 0.1) is 0 Å². The number of aliphatic hydroxyl groups excluding tert-OH is 1. The summed E-state index contributed by atoms with van der Waals surface area (Å²) in [5.74, 6) is -0.628. The highest BCUT2D eigenvalue weighted by Gasteiger charge is 2.33. The Labute approximate surface area is 223 Å². The van der Waals surface area contributed by atoms with E-state index in [1.165, 1.54) is 18.5 Å². The minimum absolute atomic E-state index is 0. The van der Waals surface area contributed by atoms with Gasteiger partial charge in [-0.05, 0) is 27.7 Å². The first kappa shape index (κ1) is 33.4. The van der Waals surface area contributed by atoms with Crippen LogP contribution in [0.2, 0.25) is 5.15 Å². The molecular formula is C20H35ClN6O6S2. The summed E-state index contributed by atoms with van der Waals surface area (Å²) < 4.78 is 26.8. The van der Waals surface area contributed by atoms with Gasteiger partial charge in [-0.3, -0.25) is 0 Å². The van der Waals surface area contributed by atoms with Crippen LogP contribution in [0.15, 0.2) is 24.5 Å². The Balaban J connectivity index is 0.000000523. The van der Waals surface area contributed by atoms with Gasteiger partial charge in [0.1, 0.15) is 18.8 Å². The largest absolute Gasteiger partial charge is 0.474 e. The summed E-state index contributed by atoms with van der Waals surface area (Å²) in [4.78, 5) is 0. The molecule has 0 aromatic carbocycles. The molecule has 35 heavy (non-hydrogen) atoms. The molecule has 2 aliphatic heterocycles. The Morgan fingerprint density at radius 2 is 1.46 bits per heavy atom. The molecule has 5 N–H and O–H groups in total. The van der Waals surface area contributed by atoms with Gasteiger partial charge in [0.25, 0.3) is 0 Å². The van der Waals surface area contributed by atoms with Gasteiger partial charge in [0.15, 0.2) is 16.7 Å².